The van der Waals surface area contributed by atoms with Crippen LogP contribution in [0.15, 0.2) is 66.7 Å². The maximum absolute atomic E-state index is 2.49. The summed E-state index contributed by atoms with van der Waals surface area (Å²) in [6.45, 7) is 0. The van der Waals surface area contributed by atoms with Crippen LogP contribution in [0.2, 0.25) is 0 Å². The second kappa shape index (κ2) is 4.86. The molecule has 3 aromatic carbocycles. The fourth-order valence-electron chi connectivity index (χ4n) is 2.62. The third-order valence-electron chi connectivity index (χ3n) is 3.56. The van der Waals surface area contributed by atoms with Gasteiger partial charge in [-0.1, -0.05) is 54.6 Å². The first-order valence-corrected chi connectivity index (χ1v) is 8.39. The summed E-state index contributed by atoms with van der Waals surface area (Å²) >= 11 is 4.37. The van der Waals surface area contributed by atoms with E-state index in [2.05, 4.69) is 89.3 Å². The van der Waals surface area contributed by atoms with E-state index < -0.39 is 0 Å². The number of fused-ring (bicyclic) bond motifs is 3. The molecule has 0 aliphatic carbocycles. The highest BCUT2D eigenvalue weighted by Crippen LogP contribution is 2.40. The van der Waals surface area contributed by atoms with E-state index in [-0.39, 0.29) is 0 Å². The largest absolute Gasteiger partial charge is 0.135 e. The predicted molar refractivity (Wildman–Crippen MR) is 97.5 cm³/mol. The second-order valence-electron chi connectivity index (χ2n) is 4.76. The summed E-state index contributed by atoms with van der Waals surface area (Å²) in [4.78, 5) is 0. The first kappa shape index (κ1) is 12.4. The van der Waals surface area contributed by atoms with E-state index in [1.54, 1.807) is 0 Å². The molecule has 0 amide bonds. The lowest BCUT2D eigenvalue weighted by molar-refractivity contribution is 1.63. The molecule has 4 aromatic rings. The highest BCUT2D eigenvalue weighted by atomic mass is 127. The van der Waals surface area contributed by atoms with Crippen LogP contribution in [0.5, 0.6) is 0 Å². The van der Waals surface area contributed by atoms with Crippen LogP contribution in [0.25, 0.3) is 31.3 Å². The summed E-state index contributed by atoms with van der Waals surface area (Å²) in [7, 11) is 0. The van der Waals surface area contributed by atoms with Gasteiger partial charge in [-0.05, 0) is 45.9 Å². The van der Waals surface area contributed by atoms with Crippen molar-refractivity contribution in [3.05, 3.63) is 70.3 Å². The Balaban J connectivity index is 2.10. The Morgan fingerprint density at radius 2 is 1.45 bits per heavy atom. The van der Waals surface area contributed by atoms with Gasteiger partial charge in [0.05, 0.1) is 0 Å². The second-order valence-corrected chi connectivity index (χ2v) is 6.93. The predicted octanol–water partition coefficient (Wildman–Crippen LogP) is 6.33. The molecule has 2 heteroatoms. The molecule has 20 heavy (non-hydrogen) atoms. The van der Waals surface area contributed by atoms with E-state index in [9.17, 15) is 0 Å². The third-order valence-corrected chi connectivity index (χ3v) is 5.82. The van der Waals surface area contributed by atoms with Crippen LogP contribution < -0.4 is 0 Å². The molecule has 0 aliphatic rings. The van der Waals surface area contributed by atoms with Crippen molar-refractivity contribution in [2.75, 3.05) is 0 Å². The average Bonchev–Trinajstić information content (AvgIpc) is 2.88. The zero-order valence-electron chi connectivity index (χ0n) is 10.6. The van der Waals surface area contributed by atoms with Crippen molar-refractivity contribution in [1.29, 1.82) is 0 Å². The van der Waals surface area contributed by atoms with Crippen molar-refractivity contribution in [1.82, 2.24) is 0 Å². The summed E-state index contributed by atoms with van der Waals surface area (Å²) in [6.07, 6.45) is 0. The van der Waals surface area contributed by atoms with E-state index in [4.69, 9.17) is 0 Å². The smallest absolute Gasteiger partial charge is 0.0366 e. The lowest BCUT2D eigenvalue weighted by Gasteiger charge is -2.06. The van der Waals surface area contributed by atoms with Gasteiger partial charge in [0.15, 0.2) is 0 Å². The summed E-state index contributed by atoms with van der Waals surface area (Å²) in [5.41, 5.74) is 2.61. The first-order valence-electron chi connectivity index (χ1n) is 6.50. The highest BCUT2D eigenvalue weighted by Gasteiger charge is 2.12. The lowest BCUT2D eigenvalue weighted by Crippen LogP contribution is -1.83. The molecule has 1 heterocycles. The van der Waals surface area contributed by atoms with E-state index in [1.807, 2.05) is 11.3 Å². The topological polar surface area (TPSA) is 0 Å². The fraction of sp³-hybridized carbons (Fsp3) is 0. The van der Waals surface area contributed by atoms with Crippen LogP contribution in [0.4, 0.5) is 0 Å². The van der Waals surface area contributed by atoms with E-state index in [1.165, 1.54) is 34.9 Å². The molecule has 4 rings (SSSR count). The summed E-state index contributed by atoms with van der Waals surface area (Å²) in [5, 5.41) is 2.77. The summed E-state index contributed by atoms with van der Waals surface area (Å²) in [6, 6.07) is 23.8. The molecule has 96 valence electrons. The van der Waals surface area contributed by atoms with E-state index >= 15 is 0 Å². The molecule has 0 bridgehead atoms. The van der Waals surface area contributed by atoms with Crippen LogP contribution in [0.3, 0.4) is 0 Å². The van der Waals surface area contributed by atoms with Crippen molar-refractivity contribution in [2.24, 2.45) is 0 Å². The van der Waals surface area contributed by atoms with E-state index in [0.717, 1.165) is 0 Å². The summed E-state index contributed by atoms with van der Waals surface area (Å²) < 4.78 is 4.09. The monoisotopic (exact) mass is 386 g/mol. The number of halogens is 1. The van der Waals surface area contributed by atoms with Gasteiger partial charge in [0.1, 0.15) is 0 Å². The third kappa shape index (κ3) is 1.86. The first-order chi connectivity index (χ1) is 9.84. The molecule has 0 fully saturated rings. The maximum atomic E-state index is 2.49. The standard InChI is InChI=1S/C18H11IS/c19-18-13(12-6-2-1-3-7-12)10-11-16-17(18)14-8-4-5-9-15(14)20-16/h1-11H. The van der Waals surface area contributed by atoms with Gasteiger partial charge in [0.2, 0.25) is 0 Å². The maximum Gasteiger partial charge on any atom is 0.0366 e. The fourth-order valence-corrected chi connectivity index (χ4v) is 4.98. The van der Waals surface area contributed by atoms with E-state index in [0.29, 0.717) is 0 Å². The normalized spacial score (nSPS) is 11.2. The van der Waals surface area contributed by atoms with Crippen LogP contribution in [0.1, 0.15) is 0 Å². The van der Waals surface area contributed by atoms with Crippen molar-refractivity contribution in [3.63, 3.8) is 0 Å². The summed E-state index contributed by atoms with van der Waals surface area (Å²) in [5.74, 6) is 0. The number of benzene rings is 3. The molecule has 0 unspecified atom stereocenters. The molecule has 0 aliphatic heterocycles. The quantitative estimate of drug-likeness (QED) is 0.336. The Labute approximate surface area is 135 Å². The van der Waals surface area contributed by atoms with Gasteiger partial charge in [-0.3, -0.25) is 0 Å². The van der Waals surface area contributed by atoms with Crippen LogP contribution >= 0.6 is 33.9 Å². The zero-order chi connectivity index (χ0) is 13.5. The van der Waals surface area contributed by atoms with Crippen molar-refractivity contribution in [2.45, 2.75) is 0 Å². The Morgan fingerprint density at radius 3 is 2.30 bits per heavy atom. The van der Waals surface area contributed by atoms with Crippen molar-refractivity contribution < 1.29 is 0 Å². The Hall–Kier alpha value is -1.39. The Kier molecular flexibility index (Phi) is 3.00. The Bertz CT molecular complexity index is 907. The highest BCUT2D eigenvalue weighted by molar-refractivity contribution is 14.1. The molecular weight excluding hydrogens is 375 g/mol. The molecule has 1 aromatic heterocycles. The molecule has 0 spiro atoms. The number of rotatable bonds is 1. The van der Waals surface area contributed by atoms with Crippen molar-refractivity contribution >= 4 is 54.1 Å². The van der Waals surface area contributed by atoms with Gasteiger partial charge < -0.3 is 0 Å². The molecule has 0 saturated heterocycles. The van der Waals surface area contributed by atoms with Gasteiger partial charge in [0.25, 0.3) is 0 Å². The minimum absolute atomic E-state index is 1.29. The molecule has 0 radical (unpaired) electrons. The minimum Gasteiger partial charge on any atom is -0.135 e. The number of hydrogen-bond donors (Lipinski definition) is 0. The van der Waals surface area contributed by atoms with Crippen LogP contribution in [-0.4, -0.2) is 0 Å². The van der Waals surface area contributed by atoms with Crippen molar-refractivity contribution in [3.8, 4) is 11.1 Å². The molecule has 0 N–H and O–H groups in total. The van der Waals surface area contributed by atoms with Gasteiger partial charge in [-0.15, -0.1) is 11.3 Å². The molecule has 0 saturated carbocycles. The number of hydrogen-bond acceptors (Lipinski definition) is 1. The average molecular weight is 386 g/mol. The molecule has 0 nitrogen and oxygen atoms in total. The SMILES string of the molecule is Ic1c(-c2ccccc2)ccc2sc3ccccc3c12. The zero-order valence-corrected chi connectivity index (χ0v) is 13.6. The Morgan fingerprint density at radius 1 is 0.700 bits per heavy atom. The minimum atomic E-state index is 1.29. The van der Waals surface area contributed by atoms with Gasteiger partial charge in [-0.25, -0.2) is 0 Å². The van der Waals surface area contributed by atoms with Gasteiger partial charge >= 0.3 is 0 Å². The molecular formula is C18H11IS. The van der Waals surface area contributed by atoms with Gasteiger partial charge in [-0.2, -0.15) is 0 Å². The molecule has 0 atom stereocenters. The van der Waals surface area contributed by atoms with Gasteiger partial charge in [0, 0.05) is 23.7 Å². The number of thiophene rings is 1. The lowest BCUT2D eigenvalue weighted by atomic mass is 10.0. The van der Waals surface area contributed by atoms with Crippen LogP contribution in [0, 0.1) is 3.57 Å². The van der Waals surface area contributed by atoms with Crippen LogP contribution in [-0.2, 0) is 0 Å².